The molecule has 0 aromatic carbocycles. The summed E-state index contributed by atoms with van der Waals surface area (Å²) in [6.45, 7) is 9.91. The maximum Gasteiger partial charge on any atom is 0.138 e. The van der Waals surface area contributed by atoms with Crippen LogP contribution in [0.2, 0.25) is 0 Å². The number of piperidine rings is 1. The average molecular weight is 290 g/mol. The Morgan fingerprint density at radius 3 is 2.67 bits per heavy atom. The molecule has 0 spiro atoms. The van der Waals surface area contributed by atoms with E-state index < -0.39 is 0 Å². The van der Waals surface area contributed by atoms with Crippen molar-refractivity contribution in [3.05, 3.63) is 11.9 Å². The number of anilines is 2. The first kappa shape index (κ1) is 16.1. The van der Waals surface area contributed by atoms with Crippen LogP contribution in [0.15, 0.2) is 6.07 Å². The number of nitrogens with one attached hydrogen (secondary N) is 1. The molecule has 1 aliphatic rings. The van der Waals surface area contributed by atoms with Crippen molar-refractivity contribution >= 4 is 11.6 Å². The van der Waals surface area contributed by atoms with Gasteiger partial charge in [0.1, 0.15) is 17.5 Å². The highest BCUT2D eigenvalue weighted by Gasteiger charge is 2.26. The molecule has 1 atom stereocenters. The normalized spacial score (nSPS) is 19.7. The van der Waals surface area contributed by atoms with Gasteiger partial charge in [-0.05, 0) is 25.7 Å². The second-order valence-corrected chi connectivity index (χ2v) is 7.07. The number of nitrogens with zero attached hydrogens (tertiary/aromatic N) is 3. The van der Waals surface area contributed by atoms with Gasteiger partial charge in [-0.15, -0.1) is 0 Å². The third-order valence-corrected chi connectivity index (χ3v) is 4.18. The van der Waals surface area contributed by atoms with Crippen molar-refractivity contribution in [2.45, 2.75) is 71.3 Å². The van der Waals surface area contributed by atoms with E-state index in [-0.39, 0.29) is 5.41 Å². The molecule has 2 rings (SSSR count). The SMILES string of the molecule is CCCC1CCCCN1c1cc(NC)nc(C(C)(C)C)n1. The van der Waals surface area contributed by atoms with E-state index in [1.54, 1.807) is 0 Å². The fourth-order valence-corrected chi connectivity index (χ4v) is 2.98. The Kier molecular flexibility index (Phi) is 5.07. The third kappa shape index (κ3) is 3.86. The van der Waals surface area contributed by atoms with E-state index >= 15 is 0 Å². The summed E-state index contributed by atoms with van der Waals surface area (Å²) in [5.41, 5.74) is -0.0301. The van der Waals surface area contributed by atoms with Crippen molar-refractivity contribution in [2.75, 3.05) is 23.8 Å². The van der Waals surface area contributed by atoms with E-state index in [0.717, 1.165) is 24.0 Å². The predicted octanol–water partition coefficient (Wildman–Crippen LogP) is 3.97. The van der Waals surface area contributed by atoms with Crippen LogP contribution < -0.4 is 10.2 Å². The molecule has 0 aliphatic carbocycles. The molecule has 0 radical (unpaired) electrons. The van der Waals surface area contributed by atoms with Crippen LogP contribution >= 0.6 is 0 Å². The minimum absolute atomic E-state index is 0.0301. The zero-order chi connectivity index (χ0) is 15.5. The zero-order valence-electron chi connectivity index (χ0n) is 14.2. The summed E-state index contributed by atoms with van der Waals surface area (Å²) in [7, 11) is 1.93. The smallest absolute Gasteiger partial charge is 0.138 e. The van der Waals surface area contributed by atoms with Gasteiger partial charge in [-0.25, -0.2) is 9.97 Å². The lowest BCUT2D eigenvalue weighted by Crippen LogP contribution is -2.40. The predicted molar refractivity (Wildman–Crippen MR) is 90.2 cm³/mol. The summed E-state index contributed by atoms with van der Waals surface area (Å²) >= 11 is 0. The van der Waals surface area contributed by atoms with Crippen molar-refractivity contribution in [3.8, 4) is 0 Å². The van der Waals surface area contributed by atoms with Crippen LogP contribution in [0.5, 0.6) is 0 Å². The maximum absolute atomic E-state index is 4.88. The number of aromatic nitrogens is 2. The van der Waals surface area contributed by atoms with Gasteiger partial charge in [-0.3, -0.25) is 0 Å². The van der Waals surface area contributed by atoms with E-state index in [1.165, 1.54) is 32.1 Å². The monoisotopic (exact) mass is 290 g/mol. The Labute approximate surface area is 129 Å². The summed E-state index contributed by atoms with van der Waals surface area (Å²) in [6, 6.07) is 2.74. The standard InChI is InChI=1S/C17H30N4/c1-6-9-13-10-7-8-11-21(13)15-12-14(18-5)19-16(20-15)17(2,3)4/h12-13H,6-11H2,1-5H3,(H,18,19,20). The molecule has 4 heteroatoms. The van der Waals surface area contributed by atoms with Gasteiger partial charge in [0, 0.05) is 31.1 Å². The molecule has 0 saturated carbocycles. The molecule has 1 N–H and O–H groups in total. The lowest BCUT2D eigenvalue weighted by Gasteiger charge is -2.37. The summed E-state index contributed by atoms with van der Waals surface area (Å²) in [5.74, 6) is 2.94. The van der Waals surface area contributed by atoms with Gasteiger partial charge >= 0.3 is 0 Å². The second-order valence-electron chi connectivity index (χ2n) is 7.07. The second kappa shape index (κ2) is 6.63. The van der Waals surface area contributed by atoms with Gasteiger partial charge in [0.25, 0.3) is 0 Å². The van der Waals surface area contributed by atoms with E-state index in [4.69, 9.17) is 4.98 Å². The third-order valence-electron chi connectivity index (χ3n) is 4.18. The minimum atomic E-state index is -0.0301. The van der Waals surface area contributed by atoms with E-state index in [1.807, 2.05) is 7.05 Å². The number of hydrogen-bond acceptors (Lipinski definition) is 4. The first-order valence-corrected chi connectivity index (χ1v) is 8.29. The minimum Gasteiger partial charge on any atom is -0.373 e. The number of rotatable bonds is 4. The molecular weight excluding hydrogens is 260 g/mol. The van der Waals surface area contributed by atoms with Gasteiger partial charge in [0.05, 0.1) is 0 Å². The molecule has 118 valence electrons. The summed E-state index contributed by atoms with van der Waals surface area (Å²) in [5, 5.41) is 3.19. The van der Waals surface area contributed by atoms with E-state index in [0.29, 0.717) is 6.04 Å². The Morgan fingerprint density at radius 1 is 1.29 bits per heavy atom. The van der Waals surface area contributed by atoms with Crippen molar-refractivity contribution in [2.24, 2.45) is 0 Å². The molecule has 1 aliphatic heterocycles. The maximum atomic E-state index is 4.88. The van der Waals surface area contributed by atoms with Gasteiger partial charge < -0.3 is 10.2 Å². The van der Waals surface area contributed by atoms with Gasteiger partial charge in [0.2, 0.25) is 0 Å². The molecule has 21 heavy (non-hydrogen) atoms. The van der Waals surface area contributed by atoms with Crippen LogP contribution in [0.1, 0.15) is 65.6 Å². The Hall–Kier alpha value is -1.32. The molecular formula is C17H30N4. The number of hydrogen-bond donors (Lipinski definition) is 1. The molecule has 1 aromatic rings. The van der Waals surface area contributed by atoms with Crippen LogP contribution in [-0.4, -0.2) is 29.6 Å². The Morgan fingerprint density at radius 2 is 2.05 bits per heavy atom. The highest BCUT2D eigenvalue weighted by molar-refractivity contribution is 5.50. The first-order chi connectivity index (χ1) is 9.95. The highest BCUT2D eigenvalue weighted by Crippen LogP contribution is 2.29. The van der Waals surface area contributed by atoms with Crippen molar-refractivity contribution in [1.29, 1.82) is 0 Å². The molecule has 1 saturated heterocycles. The largest absolute Gasteiger partial charge is 0.373 e. The fraction of sp³-hybridized carbons (Fsp3) is 0.765. The average Bonchev–Trinajstić information content (AvgIpc) is 2.47. The Bertz CT molecular complexity index is 462. The Balaban J connectivity index is 2.36. The van der Waals surface area contributed by atoms with Crippen molar-refractivity contribution in [1.82, 2.24) is 9.97 Å². The highest BCUT2D eigenvalue weighted by atomic mass is 15.2. The van der Waals surface area contributed by atoms with Crippen LogP contribution in [0.25, 0.3) is 0 Å². The van der Waals surface area contributed by atoms with Crippen LogP contribution in [0.4, 0.5) is 11.6 Å². The van der Waals surface area contributed by atoms with Crippen molar-refractivity contribution < 1.29 is 0 Å². The quantitative estimate of drug-likeness (QED) is 0.911. The lowest BCUT2D eigenvalue weighted by molar-refractivity contribution is 0.429. The van der Waals surface area contributed by atoms with Gasteiger partial charge in [-0.1, -0.05) is 34.1 Å². The molecule has 0 amide bonds. The lowest BCUT2D eigenvalue weighted by atomic mass is 9.95. The summed E-state index contributed by atoms with van der Waals surface area (Å²) in [4.78, 5) is 12.0. The zero-order valence-corrected chi connectivity index (χ0v) is 14.2. The van der Waals surface area contributed by atoms with Gasteiger partial charge in [0.15, 0.2) is 0 Å². The first-order valence-electron chi connectivity index (χ1n) is 8.29. The molecule has 4 nitrogen and oxygen atoms in total. The van der Waals surface area contributed by atoms with E-state index in [9.17, 15) is 0 Å². The van der Waals surface area contributed by atoms with Crippen LogP contribution in [0.3, 0.4) is 0 Å². The molecule has 0 bridgehead atoms. The summed E-state index contributed by atoms with van der Waals surface area (Å²) < 4.78 is 0. The molecule has 2 heterocycles. The van der Waals surface area contributed by atoms with Crippen LogP contribution in [0, 0.1) is 0 Å². The molecule has 1 unspecified atom stereocenters. The summed E-state index contributed by atoms with van der Waals surface area (Å²) in [6.07, 6.45) is 6.39. The topological polar surface area (TPSA) is 41.0 Å². The fourth-order valence-electron chi connectivity index (χ4n) is 2.98. The van der Waals surface area contributed by atoms with E-state index in [2.05, 4.69) is 49.0 Å². The van der Waals surface area contributed by atoms with Crippen molar-refractivity contribution in [3.63, 3.8) is 0 Å². The van der Waals surface area contributed by atoms with Gasteiger partial charge in [-0.2, -0.15) is 0 Å². The molecule has 1 fully saturated rings. The van der Waals surface area contributed by atoms with Crippen LogP contribution in [-0.2, 0) is 5.41 Å². The molecule has 1 aromatic heterocycles.